The number of rotatable bonds is 12. The van der Waals surface area contributed by atoms with E-state index in [-0.39, 0.29) is 43.9 Å². The third-order valence-electron chi connectivity index (χ3n) is 5.54. The molecule has 178 valence electrons. The summed E-state index contributed by atoms with van der Waals surface area (Å²) in [6, 6.07) is 6.75. The summed E-state index contributed by atoms with van der Waals surface area (Å²) in [7, 11) is -3.62. The van der Waals surface area contributed by atoms with E-state index in [1.165, 1.54) is 49.6 Å². The van der Waals surface area contributed by atoms with Crippen LogP contribution in [0.3, 0.4) is 0 Å². The van der Waals surface area contributed by atoms with Crippen LogP contribution in [0.25, 0.3) is 21.9 Å². The van der Waals surface area contributed by atoms with Gasteiger partial charge in [-0.3, -0.25) is 4.79 Å². The Labute approximate surface area is 193 Å². The third-order valence-corrected chi connectivity index (χ3v) is 7.44. The molecule has 3 aromatic rings. The predicted octanol–water partition coefficient (Wildman–Crippen LogP) is 5.57. The zero-order valence-corrected chi connectivity index (χ0v) is 19.9. The van der Waals surface area contributed by atoms with Gasteiger partial charge in [0.15, 0.2) is 21.2 Å². The van der Waals surface area contributed by atoms with Crippen LogP contribution in [-0.4, -0.2) is 31.9 Å². The lowest BCUT2D eigenvalue weighted by Gasteiger charge is -2.12. The molecule has 0 aliphatic heterocycles. The largest absolute Gasteiger partial charge is 0.490 e. The lowest BCUT2D eigenvalue weighted by atomic mass is 10.1. The van der Waals surface area contributed by atoms with Gasteiger partial charge in [-0.2, -0.15) is 0 Å². The molecule has 0 atom stereocenters. The average Bonchev–Trinajstić information content (AvgIpc) is 2.78. The first-order valence-electron chi connectivity index (χ1n) is 11.4. The number of carboxylic acid groups (broad SMARTS) is 1. The maximum atomic E-state index is 13.2. The smallest absolute Gasteiger partial charge is 0.335 e. The molecule has 0 bridgehead atoms. The van der Waals surface area contributed by atoms with E-state index in [1.807, 2.05) is 0 Å². The van der Waals surface area contributed by atoms with Gasteiger partial charge < -0.3 is 14.3 Å². The summed E-state index contributed by atoms with van der Waals surface area (Å²) in [5.74, 6) is -1.02. The number of ether oxygens (including phenoxy) is 1. The standard InChI is InChI=1S/C25H30O7S/c1-3-5-6-7-8-9-12-31-22-16-18(33(29,30)13-4-2)15-20-23(26)19-14-17(25(27)28)10-11-21(19)32-24(20)22/h10-11,14-16H,3-9,12-13H2,1-2H3,(H,27,28). The minimum atomic E-state index is -3.62. The molecule has 1 aromatic heterocycles. The van der Waals surface area contributed by atoms with E-state index in [9.17, 15) is 23.1 Å². The molecular weight excluding hydrogens is 444 g/mol. The minimum Gasteiger partial charge on any atom is -0.490 e. The van der Waals surface area contributed by atoms with Crippen molar-refractivity contribution in [2.75, 3.05) is 12.4 Å². The number of hydrogen-bond acceptors (Lipinski definition) is 6. The Bertz CT molecular complexity index is 1310. The molecule has 2 aromatic carbocycles. The van der Waals surface area contributed by atoms with Crippen molar-refractivity contribution in [3.05, 3.63) is 46.1 Å². The summed E-state index contributed by atoms with van der Waals surface area (Å²) in [4.78, 5) is 24.6. The van der Waals surface area contributed by atoms with E-state index in [4.69, 9.17) is 9.15 Å². The quantitative estimate of drug-likeness (QED) is 0.270. The second-order valence-electron chi connectivity index (χ2n) is 8.18. The van der Waals surface area contributed by atoms with Crippen molar-refractivity contribution < 1.29 is 27.5 Å². The van der Waals surface area contributed by atoms with E-state index in [2.05, 4.69) is 6.92 Å². The third kappa shape index (κ3) is 5.74. The van der Waals surface area contributed by atoms with Gasteiger partial charge >= 0.3 is 5.97 Å². The number of aromatic carboxylic acids is 1. The van der Waals surface area contributed by atoms with Crippen molar-refractivity contribution in [1.29, 1.82) is 0 Å². The number of carboxylic acids is 1. The van der Waals surface area contributed by atoms with Crippen molar-refractivity contribution >= 4 is 37.7 Å². The maximum Gasteiger partial charge on any atom is 0.335 e. The second-order valence-corrected chi connectivity index (χ2v) is 10.3. The fourth-order valence-corrected chi connectivity index (χ4v) is 5.13. The summed E-state index contributed by atoms with van der Waals surface area (Å²) in [6.07, 6.45) is 6.88. The molecule has 0 unspecified atom stereocenters. The first-order valence-corrected chi connectivity index (χ1v) is 13.1. The van der Waals surface area contributed by atoms with Gasteiger partial charge in [-0.15, -0.1) is 0 Å². The second kappa shape index (κ2) is 10.8. The Kier molecular flexibility index (Phi) is 8.13. The van der Waals surface area contributed by atoms with Crippen molar-refractivity contribution in [3.63, 3.8) is 0 Å². The van der Waals surface area contributed by atoms with Crippen molar-refractivity contribution in [2.45, 2.75) is 63.7 Å². The Hall–Kier alpha value is -2.87. The van der Waals surface area contributed by atoms with Crippen LogP contribution in [-0.2, 0) is 9.84 Å². The average molecular weight is 475 g/mol. The number of sulfone groups is 1. The molecule has 7 nitrogen and oxygen atoms in total. The highest BCUT2D eigenvalue weighted by Crippen LogP contribution is 2.32. The van der Waals surface area contributed by atoms with Crippen LogP contribution in [0.4, 0.5) is 0 Å². The number of carbonyl (C=O) groups is 1. The highest BCUT2D eigenvalue weighted by molar-refractivity contribution is 7.91. The predicted molar refractivity (Wildman–Crippen MR) is 128 cm³/mol. The Morgan fingerprint density at radius 3 is 2.39 bits per heavy atom. The lowest BCUT2D eigenvalue weighted by molar-refractivity contribution is 0.0697. The molecule has 0 radical (unpaired) electrons. The molecule has 0 saturated carbocycles. The molecule has 0 saturated heterocycles. The van der Waals surface area contributed by atoms with Crippen LogP contribution < -0.4 is 10.2 Å². The van der Waals surface area contributed by atoms with Gasteiger partial charge in [0.2, 0.25) is 5.43 Å². The molecule has 8 heteroatoms. The van der Waals surface area contributed by atoms with Crippen LogP contribution in [0, 0.1) is 0 Å². The summed E-state index contributed by atoms with van der Waals surface area (Å²) < 4.78 is 37.3. The van der Waals surface area contributed by atoms with Crippen molar-refractivity contribution in [1.82, 2.24) is 0 Å². The molecule has 1 heterocycles. The molecule has 0 aliphatic rings. The Balaban J connectivity index is 2.06. The van der Waals surface area contributed by atoms with Gasteiger partial charge in [0.05, 0.1) is 33.6 Å². The topological polar surface area (TPSA) is 111 Å². The molecule has 0 fully saturated rings. The van der Waals surface area contributed by atoms with Crippen LogP contribution in [0.2, 0.25) is 0 Å². The summed E-state index contributed by atoms with van der Waals surface area (Å²) >= 11 is 0. The first-order chi connectivity index (χ1) is 15.8. The number of fused-ring (bicyclic) bond motifs is 2. The minimum absolute atomic E-state index is 0.00386. The summed E-state index contributed by atoms with van der Waals surface area (Å²) in [5.41, 5.74) is -0.168. The molecule has 1 N–H and O–H groups in total. The molecule has 3 rings (SSSR count). The van der Waals surface area contributed by atoms with Gasteiger partial charge in [-0.05, 0) is 37.1 Å². The maximum absolute atomic E-state index is 13.2. The van der Waals surface area contributed by atoms with Crippen molar-refractivity contribution in [3.8, 4) is 5.75 Å². The molecule has 33 heavy (non-hydrogen) atoms. The van der Waals surface area contributed by atoms with Gasteiger partial charge in [0, 0.05) is 6.07 Å². The zero-order chi connectivity index (χ0) is 24.0. The van der Waals surface area contributed by atoms with E-state index in [0.717, 1.165) is 19.3 Å². The van der Waals surface area contributed by atoms with E-state index in [0.29, 0.717) is 13.0 Å². The van der Waals surface area contributed by atoms with Gasteiger partial charge in [0.1, 0.15) is 5.58 Å². The number of benzene rings is 2. The van der Waals surface area contributed by atoms with E-state index in [1.54, 1.807) is 6.92 Å². The fraction of sp³-hybridized carbons (Fsp3) is 0.440. The monoisotopic (exact) mass is 474 g/mol. The van der Waals surface area contributed by atoms with Gasteiger partial charge in [-0.25, -0.2) is 13.2 Å². The van der Waals surface area contributed by atoms with Crippen molar-refractivity contribution in [2.24, 2.45) is 0 Å². The molecule has 0 spiro atoms. The van der Waals surface area contributed by atoms with Gasteiger partial charge in [0.25, 0.3) is 0 Å². The highest BCUT2D eigenvalue weighted by Gasteiger charge is 2.21. The van der Waals surface area contributed by atoms with Crippen LogP contribution >= 0.6 is 0 Å². The van der Waals surface area contributed by atoms with Gasteiger partial charge in [-0.1, -0.05) is 46.0 Å². The first kappa shape index (κ1) is 24.8. The Morgan fingerprint density at radius 2 is 1.70 bits per heavy atom. The zero-order valence-electron chi connectivity index (χ0n) is 19.1. The lowest BCUT2D eigenvalue weighted by Crippen LogP contribution is -2.10. The normalized spacial score (nSPS) is 11.8. The summed E-state index contributed by atoms with van der Waals surface area (Å²) in [6.45, 7) is 4.30. The molecule has 0 amide bonds. The highest BCUT2D eigenvalue weighted by atomic mass is 32.2. The van der Waals surface area contributed by atoms with Crippen LogP contribution in [0.15, 0.2) is 44.4 Å². The van der Waals surface area contributed by atoms with E-state index < -0.39 is 21.2 Å². The van der Waals surface area contributed by atoms with Crippen LogP contribution in [0.1, 0.15) is 69.2 Å². The number of unbranched alkanes of at least 4 members (excludes halogenated alkanes) is 5. The fourth-order valence-electron chi connectivity index (χ4n) is 3.77. The summed E-state index contributed by atoms with van der Waals surface area (Å²) in [5, 5.41) is 9.39. The Morgan fingerprint density at radius 1 is 0.970 bits per heavy atom. The SMILES string of the molecule is CCCCCCCCOc1cc(S(=O)(=O)CCC)cc2c(=O)c3cc(C(=O)O)ccc3oc12. The molecular formula is C25H30O7S. The van der Waals surface area contributed by atoms with Crippen LogP contribution in [0.5, 0.6) is 5.75 Å². The molecule has 0 aliphatic carbocycles. The van der Waals surface area contributed by atoms with E-state index >= 15 is 0 Å². The number of hydrogen-bond donors (Lipinski definition) is 1.